The van der Waals surface area contributed by atoms with Gasteiger partial charge in [0.15, 0.2) is 0 Å². The summed E-state index contributed by atoms with van der Waals surface area (Å²) in [6, 6.07) is 0. The summed E-state index contributed by atoms with van der Waals surface area (Å²) in [5.74, 6) is 0.547. The second kappa shape index (κ2) is 8.47. The van der Waals surface area contributed by atoms with Crippen molar-refractivity contribution in [3.8, 4) is 0 Å². The molecule has 0 fully saturated rings. The molecule has 0 aromatic rings. The van der Waals surface area contributed by atoms with Crippen LogP contribution >= 0.6 is 0 Å². The smallest absolute Gasteiger partial charge is 0.407 e. The van der Waals surface area contributed by atoms with Crippen LogP contribution in [0.15, 0.2) is 0 Å². The molecule has 0 bridgehead atoms. The van der Waals surface area contributed by atoms with Gasteiger partial charge in [-0.15, -0.1) is 0 Å². The first-order valence-corrected chi connectivity index (χ1v) is 7.50. The molecule has 120 valence electrons. The maximum atomic E-state index is 11.7. The van der Waals surface area contributed by atoms with Crippen LogP contribution in [0.2, 0.25) is 0 Å². The second-order valence-electron chi connectivity index (χ2n) is 7.08. The molecule has 1 atom stereocenters. The predicted octanol–water partition coefficient (Wildman–Crippen LogP) is 2.25. The lowest BCUT2D eigenvalue weighted by atomic mass is 9.90. The summed E-state index contributed by atoms with van der Waals surface area (Å²) < 4.78 is 5.27. The molecule has 5 nitrogen and oxygen atoms in total. The van der Waals surface area contributed by atoms with Crippen molar-refractivity contribution in [2.75, 3.05) is 19.6 Å². The fourth-order valence-electron chi connectivity index (χ4n) is 2.18. The van der Waals surface area contributed by atoms with Crippen LogP contribution in [-0.2, 0) is 4.74 Å². The van der Waals surface area contributed by atoms with Crippen molar-refractivity contribution in [1.82, 2.24) is 10.6 Å². The van der Waals surface area contributed by atoms with Crippen molar-refractivity contribution < 1.29 is 9.53 Å². The second-order valence-corrected chi connectivity index (χ2v) is 7.08. The molecule has 0 saturated heterocycles. The first-order valence-electron chi connectivity index (χ1n) is 7.50. The molecule has 5 heteroatoms. The third-order valence-electron chi connectivity index (χ3n) is 2.81. The highest BCUT2D eigenvalue weighted by Crippen LogP contribution is 2.16. The number of nitrogens with one attached hydrogen (secondary N) is 2. The van der Waals surface area contributed by atoms with E-state index >= 15 is 0 Å². The van der Waals surface area contributed by atoms with Crippen LogP contribution in [0.1, 0.15) is 54.4 Å². The van der Waals surface area contributed by atoms with Crippen LogP contribution in [-0.4, -0.2) is 36.9 Å². The average Bonchev–Trinajstić information content (AvgIpc) is 2.23. The van der Waals surface area contributed by atoms with E-state index in [2.05, 4.69) is 31.4 Å². The van der Waals surface area contributed by atoms with Crippen molar-refractivity contribution in [3.05, 3.63) is 0 Å². The summed E-state index contributed by atoms with van der Waals surface area (Å²) in [7, 11) is 0. The molecule has 0 aliphatic rings. The molecule has 0 saturated carbocycles. The van der Waals surface area contributed by atoms with Gasteiger partial charge in [0.05, 0.1) is 0 Å². The van der Waals surface area contributed by atoms with Crippen molar-refractivity contribution >= 4 is 6.09 Å². The lowest BCUT2D eigenvalue weighted by molar-refractivity contribution is 0.0507. The highest BCUT2D eigenvalue weighted by Gasteiger charge is 2.26. The number of alkyl carbamates (subject to hydrolysis) is 1. The number of ether oxygens (including phenoxy) is 1. The zero-order valence-electron chi connectivity index (χ0n) is 14.0. The van der Waals surface area contributed by atoms with Crippen molar-refractivity contribution in [3.63, 3.8) is 0 Å². The van der Waals surface area contributed by atoms with Gasteiger partial charge in [-0.1, -0.05) is 13.8 Å². The minimum Gasteiger partial charge on any atom is -0.444 e. The van der Waals surface area contributed by atoms with E-state index < -0.39 is 5.60 Å². The minimum atomic E-state index is -0.467. The molecule has 0 aliphatic carbocycles. The first-order chi connectivity index (χ1) is 9.08. The van der Waals surface area contributed by atoms with Gasteiger partial charge < -0.3 is 21.1 Å². The molecular formula is C15H33N3O2. The highest BCUT2D eigenvalue weighted by atomic mass is 16.6. The van der Waals surface area contributed by atoms with Crippen LogP contribution < -0.4 is 16.4 Å². The third-order valence-corrected chi connectivity index (χ3v) is 2.81. The third kappa shape index (κ3) is 10.0. The van der Waals surface area contributed by atoms with Gasteiger partial charge in [-0.05, 0) is 59.5 Å². The van der Waals surface area contributed by atoms with E-state index in [0.717, 1.165) is 19.4 Å². The molecule has 0 aliphatic heterocycles. The number of carbonyl (C=O) groups is 1. The molecule has 0 aromatic heterocycles. The SMILES string of the molecule is CC(C)CC(C)(CNC(=O)OC(C)(C)C)NCCCN. The molecule has 1 unspecified atom stereocenters. The van der Waals surface area contributed by atoms with Crippen LogP contribution in [0, 0.1) is 5.92 Å². The summed E-state index contributed by atoms with van der Waals surface area (Å²) in [6.45, 7) is 14.1. The summed E-state index contributed by atoms with van der Waals surface area (Å²) in [5.41, 5.74) is 4.92. The zero-order chi connectivity index (χ0) is 15.8. The molecule has 0 rings (SSSR count). The Hall–Kier alpha value is -0.810. The number of carbonyl (C=O) groups excluding carboxylic acids is 1. The van der Waals surface area contributed by atoms with E-state index in [4.69, 9.17) is 10.5 Å². The molecule has 0 spiro atoms. The van der Waals surface area contributed by atoms with E-state index in [1.54, 1.807) is 0 Å². The van der Waals surface area contributed by atoms with Crippen LogP contribution in [0.5, 0.6) is 0 Å². The van der Waals surface area contributed by atoms with Crippen molar-refractivity contribution in [1.29, 1.82) is 0 Å². The fraction of sp³-hybridized carbons (Fsp3) is 0.933. The quantitative estimate of drug-likeness (QED) is 0.598. The zero-order valence-corrected chi connectivity index (χ0v) is 14.0. The number of hydrogen-bond acceptors (Lipinski definition) is 4. The topological polar surface area (TPSA) is 76.4 Å². The Kier molecular flexibility index (Phi) is 8.13. The monoisotopic (exact) mass is 287 g/mol. The summed E-state index contributed by atoms with van der Waals surface area (Å²) in [5, 5.41) is 6.35. The largest absolute Gasteiger partial charge is 0.444 e. The van der Waals surface area contributed by atoms with E-state index in [9.17, 15) is 4.79 Å². The summed E-state index contributed by atoms with van der Waals surface area (Å²) >= 11 is 0. The lowest BCUT2D eigenvalue weighted by Crippen LogP contribution is -2.53. The standard InChI is InChI=1S/C15H33N3O2/c1-12(2)10-15(6,18-9-7-8-16)11-17-13(19)20-14(3,4)5/h12,18H,7-11,16H2,1-6H3,(H,17,19). The Balaban J connectivity index is 4.38. The number of rotatable bonds is 8. The van der Waals surface area contributed by atoms with E-state index in [1.165, 1.54) is 0 Å². The Morgan fingerprint density at radius 2 is 1.85 bits per heavy atom. The molecule has 4 N–H and O–H groups in total. The Morgan fingerprint density at radius 1 is 1.25 bits per heavy atom. The van der Waals surface area contributed by atoms with Crippen LogP contribution in [0.3, 0.4) is 0 Å². The molecule has 1 amide bonds. The van der Waals surface area contributed by atoms with E-state index in [-0.39, 0.29) is 11.6 Å². The van der Waals surface area contributed by atoms with Gasteiger partial charge in [0, 0.05) is 12.1 Å². The van der Waals surface area contributed by atoms with Crippen LogP contribution in [0.4, 0.5) is 4.79 Å². The van der Waals surface area contributed by atoms with Gasteiger partial charge in [-0.25, -0.2) is 4.79 Å². The number of hydrogen-bond donors (Lipinski definition) is 3. The Morgan fingerprint density at radius 3 is 2.30 bits per heavy atom. The van der Waals surface area contributed by atoms with Crippen LogP contribution in [0.25, 0.3) is 0 Å². The molecule has 0 radical (unpaired) electrons. The number of amides is 1. The van der Waals surface area contributed by atoms with Gasteiger partial charge in [-0.3, -0.25) is 0 Å². The maximum absolute atomic E-state index is 11.7. The summed E-state index contributed by atoms with van der Waals surface area (Å²) in [6.07, 6.45) is 1.54. The molecule has 0 heterocycles. The minimum absolute atomic E-state index is 0.139. The number of nitrogens with two attached hydrogens (primary N) is 1. The predicted molar refractivity (Wildman–Crippen MR) is 83.8 cm³/mol. The van der Waals surface area contributed by atoms with E-state index in [0.29, 0.717) is 19.0 Å². The molecule has 20 heavy (non-hydrogen) atoms. The average molecular weight is 287 g/mol. The lowest BCUT2D eigenvalue weighted by Gasteiger charge is -2.33. The fourth-order valence-corrected chi connectivity index (χ4v) is 2.18. The summed E-state index contributed by atoms with van der Waals surface area (Å²) in [4.78, 5) is 11.7. The van der Waals surface area contributed by atoms with Gasteiger partial charge >= 0.3 is 6.09 Å². The van der Waals surface area contributed by atoms with Crippen molar-refractivity contribution in [2.24, 2.45) is 11.7 Å². The highest BCUT2D eigenvalue weighted by molar-refractivity contribution is 5.67. The van der Waals surface area contributed by atoms with Crippen molar-refractivity contribution in [2.45, 2.75) is 65.5 Å². The first kappa shape index (κ1) is 19.2. The molecular weight excluding hydrogens is 254 g/mol. The Bertz CT molecular complexity index is 287. The van der Waals surface area contributed by atoms with Gasteiger partial charge in [-0.2, -0.15) is 0 Å². The van der Waals surface area contributed by atoms with Gasteiger partial charge in [0.25, 0.3) is 0 Å². The maximum Gasteiger partial charge on any atom is 0.407 e. The molecule has 0 aromatic carbocycles. The Labute approximate surface area is 124 Å². The van der Waals surface area contributed by atoms with E-state index in [1.807, 2.05) is 20.8 Å². The van der Waals surface area contributed by atoms with Gasteiger partial charge in [0.2, 0.25) is 0 Å². The normalized spacial score (nSPS) is 15.0. The van der Waals surface area contributed by atoms with Gasteiger partial charge in [0.1, 0.15) is 5.60 Å².